The van der Waals surface area contributed by atoms with E-state index in [-0.39, 0.29) is 22.4 Å². The number of fused-ring (bicyclic) bond motifs is 1. The molecule has 8 nitrogen and oxygen atoms in total. The molecule has 0 aliphatic carbocycles. The van der Waals surface area contributed by atoms with Gasteiger partial charge in [0.1, 0.15) is 5.69 Å². The number of nitro groups is 1. The average molecular weight is 450 g/mol. The fourth-order valence-corrected chi connectivity index (χ4v) is 4.70. The van der Waals surface area contributed by atoms with Crippen LogP contribution < -0.4 is 9.80 Å². The fraction of sp³-hybridized carbons (Fsp3) is 0.360. The number of nitro benzene ring substituents is 1. The van der Waals surface area contributed by atoms with Crippen LogP contribution in [-0.2, 0) is 14.9 Å². The van der Waals surface area contributed by atoms with Crippen molar-refractivity contribution in [1.29, 1.82) is 0 Å². The molecule has 0 unspecified atom stereocenters. The number of nitrogens with zero attached hydrogens (tertiary/aromatic N) is 3. The first-order valence-electron chi connectivity index (χ1n) is 11.0. The van der Waals surface area contributed by atoms with E-state index in [0.29, 0.717) is 5.69 Å². The minimum Gasteiger partial charge on any atom is -0.454 e. The number of esters is 1. The molecule has 0 bridgehead atoms. The normalized spacial score (nSPS) is 17.8. The summed E-state index contributed by atoms with van der Waals surface area (Å²) in [6.45, 7) is 5.15. The number of allylic oxidation sites excluding steroid dienone is 1. The second-order valence-corrected chi connectivity index (χ2v) is 8.93. The molecular formula is C25H27N3O5. The Balaban J connectivity index is 1.46. The summed E-state index contributed by atoms with van der Waals surface area (Å²) in [5.74, 6) is -1.12. The van der Waals surface area contributed by atoms with Crippen molar-refractivity contribution < 1.29 is 19.2 Å². The van der Waals surface area contributed by atoms with Crippen LogP contribution in [0.15, 0.2) is 54.2 Å². The van der Waals surface area contributed by atoms with Gasteiger partial charge >= 0.3 is 5.97 Å². The summed E-state index contributed by atoms with van der Waals surface area (Å²) in [4.78, 5) is 40.1. The lowest BCUT2D eigenvalue weighted by molar-refractivity contribution is -0.384. The quantitative estimate of drug-likeness (QED) is 0.282. The van der Waals surface area contributed by atoms with Crippen molar-refractivity contribution in [2.45, 2.75) is 32.1 Å². The molecule has 0 saturated carbocycles. The number of hydrogen-bond acceptors (Lipinski definition) is 7. The Morgan fingerprint density at radius 1 is 1.12 bits per heavy atom. The van der Waals surface area contributed by atoms with Crippen LogP contribution in [0.2, 0.25) is 0 Å². The first-order valence-corrected chi connectivity index (χ1v) is 11.0. The number of ketones is 1. The highest BCUT2D eigenvalue weighted by atomic mass is 16.6. The minimum atomic E-state index is -0.764. The van der Waals surface area contributed by atoms with Crippen LogP contribution in [0.4, 0.5) is 17.1 Å². The Morgan fingerprint density at radius 2 is 1.82 bits per heavy atom. The molecule has 0 spiro atoms. The number of carbonyl (C=O) groups is 2. The van der Waals surface area contributed by atoms with Crippen molar-refractivity contribution >= 4 is 28.8 Å². The summed E-state index contributed by atoms with van der Waals surface area (Å²) in [5.41, 5.74) is 3.02. The van der Waals surface area contributed by atoms with Gasteiger partial charge in [0.2, 0.25) is 0 Å². The number of ether oxygens (including phenoxy) is 1. The van der Waals surface area contributed by atoms with E-state index in [1.165, 1.54) is 18.2 Å². The van der Waals surface area contributed by atoms with Crippen LogP contribution in [0, 0.1) is 10.1 Å². The monoisotopic (exact) mass is 449 g/mol. The summed E-state index contributed by atoms with van der Waals surface area (Å²) in [6.07, 6.45) is 3.47. The standard InChI is InChI=1S/C25H27N3O5/c1-25(2)19-8-4-5-9-20(19)26(3)23(25)15-18(29)16-33-24(30)17-10-11-21(22(14-17)28(31)32)27-12-6-7-13-27/h4-5,8-11,14-15H,6-7,12-13,16H2,1-3H3. The maximum atomic E-state index is 12.6. The molecule has 2 aliphatic rings. The number of likely N-dealkylation sites (N-methyl/N-ethyl adjacent to an activating group) is 1. The summed E-state index contributed by atoms with van der Waals surface area (Å²) in [6, 6.07) is 12.3. The summed E-state index contributed by atoms with van der Waals surface area (Å²) >= 11 is 0. The molecule has 33 heavy (non-hydrogen) atoms. The van der Waals surface area contributed by atoms with E-state index in [2.05, 4.69) is 0 Å². The van der Waals surface area contributed by atoms with Gasteiger partial charge in [-0.2, -0.15) is 0 Å². The summed E-state index contributed by atoms with van der Waals surface area (Å²) in [5, 5.41) is 11.6. The lowest BCUT2D eigenvalue weighted by atomic mass is 9.83. The van der Waals surface area contributed by atoms with E-state index in [1.807, 2.05) is 55.0 Å². The highest BCUT2D eigenvalue weighted by molar-refractivity contribution is 5.97. The summed E-state index contributed by atoms with van der Waals surface area (Å²) < 4.78 is 5.19. The van der Waals surface area contributed by atoms with Crippen molar-refractivity contribution in [3.8, 4) is 0 Å². The van der Waals surface area contributed by atoms with E-state index >= 15 is 0 Å². The molecule has 1 saturated heterocycles. The number of para-hydroxylation sites is 1. The van der Waals surface area contributed by atoms with E-state index < -0.39 is 17.5 Å². The molecule has 172 valence electrons. The van der Waals surface area contributed by atoms with Gasteiger partial charge in [-0.1, -0.05) is 32.0 Å². The van der Waals surface area contributed by atoms with Gasteiger partial charge in [-0.25, -0.2) is 4.79 Å². The van der Waals surface area contributed by atoms with Crippen LogP contribution in [0.25, 0.3) is 0 Å². The van der Waals surface area contributed by atoms with Gasteiger partial charge in [0.15, 0.2) is 12.4 Å². The van der Waals surface area contributed by atoms with Gasteiger partial charge in [0, 0.05) is 49.1 Å². The smallest absolute Gasteiger partial charge is 0.338 e. The Hall–Kier alpha value is -3.68. The largest absolute Gasteiger partial charge is 0.454 e. The predicted molar refractivity (Wildman–Crippen MR) is 126 cm³/mol. The Labute approximate surface area is 192 Å². The molecule has 2 aromatic rings. The highest BCUT2D eigenvalue weighted by Gasteiger charge is 2.38. The molecule has 0 aromatic heterocycles. The lowest BCUT2D eigenvalue weighted by Crippen LogP contribution is -2.25. The highest BCUT2D eigenvalue weighted by Crippen LogP contribution is 2.46. The van der Waals surface area contributed by atoms with Gasteiger partial charge < -0.3 is 14.5 Å². The van der Waals surface area contributed by atoms with Crippen LogP contribution in [-0.4, -0.2) is 43.4 Å². The fourth-order valence-electron chi connectivity index (χ4n) is 4.70. The Morgan fingerprint density at radius 3 is 2.48 bits per heavy atom. The number of benzene rings is 2. The number of hydrogen-bond donors (Lipinski definition) is 0. The number of rotatable bonds is 6. The van der Waals surface area contributed by atoms with Gasteiger partial charge in [-0.15, -0.1) is 0 Å². The van der Waals surface area contributed by atoms with Crippen molar-refractivity contribution in [2.75, 3.05) is 36.5 Å². The molecule has 8 heteroatoms. The SMILES string of the molecule is CN1C(=CC(=O)COC(=O)c2ccc(N3CCCC3)c([N+](=O)[O-])c2)C(C)(C)c2ccccc21. The van der Waals surface area contributed by atoms with Crippen LogP contribution in [0.5, 0.6) is 0 Å². The maximum absolute atomic E-state index is 12.6. The van der Waals surface area contributed by atoms with Crippen LogP contribution >= 0.6 is 0 Å². The molecule has 4 rings (SSSR count). The van der Waals surface area contributed by atoms with E-state index in [1.54, 1.807) is 6.07 Å². The second kappa shape index (κ2) is 8.69. The second-order valence-electron chi connectivity index (χ2n) is 8.93. The zero-order chi connectivity index (χ0) is 23.8. The average Bonchev–Trinajstić information content (AvgIpc) is 3.40. The third-order valence-corrected chi connectivity index (χ3v) is 6.44. The molecule has 0 N–H and O–H groups in total. The molecule has 2 aromatic carbocycles. The van der Waals surface area contributed by atoms with Crippen molar-refractivity contribution in [3.05, 3.63) is 75.5 Å². The molecule has 0 amide bonds. The van der Waals surface area contributed by atoms with E-state index in [0.717, 1.165) is 42.9 Å². The maximum Gasteiger partial charge on any atom is 0.338 e. The first kappa shape index (κ1) is 22.5. The van der Waals surface area contributed by atoms with Crippen LogP contribution in [0.3, 0.4) is 0 Å². The minimum absolute atomic E-state index is 0.0517. The summed E-state index contributed by atoms with van der Waals surface area (Å²) in [7, 11) is 1.90. The zero-order valence-corrected chi connectivity index (χ0v) is 19.0. The molecule has 2 heterocycles. The van der Waals surface area contributed by atoms with Crippen molar-refractivity contribution in [3.63, 3.8) is 0 Å². The number of carbonyl (C=O) groups excluding carboxylic acids is 2. The molecule has 0 atom stereocenters. The van der Waals surface area contributed by atoms with Crippen molar-refractivity contribution in [2.24, 2.45) is 0 Å². The molecular weight excluding hydrogens is 422 g/mol. The topological polar surface area (TPSA) is 93.0 Å². The first-order chi connectivity index (χ1) is 15.7. The molecule has 1 fully saturated rings. The Kier molecular flexibility index (Phi) is 5.93. The van der Waals surface area contributed by atoms with Gasteiger partial charge in [-0.3, -0.25) is 14.9 Å². The number of anilines is 2. The third kappa shape index (κ3) is 4.20. The van der Waals surface area contributed by atoms with Crippen molar-refractivity contribution in [1.82, 2.24) is 0 Å². The zero-order valence-electron chi connectivity index (χ0n) is 19.0. The van der Waals surface area contributed by atoms with Gasteiger partial charge in [0.25, 0.3) is 5.69 Å². The Bertz CT molecular complexity index is 1150. The van der Waals surface area contributed by atoms with Gasteiger partial charge in [0.05, 0.1) is 10.5 Å². The van der Waals surface area contributed by atoms with E-state index in [4.69, 9.17) is 4.74 Å². The third-order valence-electron chi connectivity index (χ3n) is 6.44. The van der Waals surface area contributed by atoms with E-state index in [9.17, 15) is 19.7 Å². The van der Waals surface area contributed by atoms with Crippen LogP contribution in [0.1, 0.15) is 42.6 Å². The van der Waals surface area contributed by atoms with Gasteiger partial charge in [-0.05, 0) is 36.6 Å². The predicted octanol–water partition coefficient (Wildman–Crippen LogP) is 4.23. The lowest BCUT2D eigenvalue weighted by Gasteiger charge is -2.23. The molecule has 0 radical (unpaired) electrons. The molecule has 2 aliphatic heterocycles.